The summed E-state index contributed by atoms with van der Waals surface area (Å²) in [5, 5.41) is 3.18. The van der Waals surface area contributed by atoms with Crippen LogP contribution < -0.4 is 15.5 Å². The first kappa shape index (κ1) is 8.97. The summed E-state index contributed by atoms with van der Waals surface area (Å²) in [5.74, 6) is 1.44. The van der Waals surface area contributed by atoms with Gasteiger partial charge in [0.2, 0.25) is 0 Å². The number of hydrogen-bond donors (Lipinski definition) is 1. The Kier molecular flexibility index (Phi) is 1.90. The van der Waals surface area contributed by atoms with Crippen LogP contribution >= 0.6 is 0 Å². The minimum absolute atomic E-state index is 0.0447. The van der Waals surface area contributed by atoms with Gasteiger partial charge in [-0.3, -0.25) is 4.79 Å². The summed E-state index contributed by atoms with van der Waals surface area (Å²) >= 11 is 0. The number of benzene rings is 1. The molecule has 16 heavy (non-hydrogen) atoms. The standard InChI is InChI=1S/C13H9NO2/c15-9-4-3-7-13-11(8-9)14-10-5-1-2-6-12(10)16-13/h1-8,14H. The number of fused-ring (bicyclic) bond motifs is 2. The van der Waals surface area contributed by atoms with E-state index in [1.165, 1.54) is 12.1 Å². The summed E-state index contributed by atoms with van der Waals surface area (Å²) in [6, 6.07) is 14.1. The van der Waals surface area contributed by atoms with Gasteiger partial charge in [0.15, 0.2) is 16.9 Å². The molecule has 2 aromatic carbocycles. The topological polar surface area (TPSA) is 38.3 Å². The molecule has 0 unspecified atom stereocenters. The summed E-state index contributed by atoms with van der Waals surface area (Å²) in [7, 11) is 0. The first-order chi connectivity index (χ1) is 7.83. The maximum Gasteiger partial charge on any atom is 0.180 e. The Bertz CT molecular complexity index is 608. The molecule has 0 atom stereocenters. The molecule has 0 spiro atoms. The van der Waals surface area contributed by atoms with E-state index in [0.29, 0.717) is 11.4 Å². The third-order valence-corrected chi connectivity index (χ3v) is 2.44. The highest BCUT2D eigenvalue weighted by atomic mass is 16.5. The lowest BCUT2D eigenvalue weighted by atomic mass is 10.2. The Labute approximate surface area is 92.3 Å². The van der Waals surface area contributed by atoms with Crippen molar-refractivity contribution < 1.29 is 4.74 Å². The molecule has 0 saturated carbocycles. The minimum Gasteiger partial charge on any atom is -0.453 e. The van der Waals surface area contributed by atoms with Crippen LogP contribution in [-0.4, -0.2) is 0 Å². The predicted molar refractivity (Wildman–Crippen MR) is 62.5 cm³/mol. The lowest BCUT2D eigenvalue weighted by molar-refractivity contribution is 0.481. The first-order valence-electron chi connectivity index (χ1n) is 5.01. The SMILES string of the molecule is O=c1cccc2c(c1)Nc1ccccc1O2. The van der Waals surface area contributed by atoms with Gasteiger partial charge in [-0.15, -0.1) is 0 Å². The van der Waals surface area contributed by atoms with Crippen molar-refractivity contribution in [2.75, 3.05) is 5.32 Å². The smallest absolute Gasteiger partial charge is 0.180 e. The average Bonchev–Trinajstić information content (AvgIpc) is 2.46. The van der Waals surface area contributed by atoms with Gasteiger partial charge in [0.1, 0.15) is 0 Å². The van der Waals surface area contributed by atoms with Gasteiger partial charge in [-0.1, -0.05) is 18.2 Å². The normalized spacial score (nSPS) is 11.8. The van der Waals surface area contributed by atoms with E-state index in [0.717, 1.165) is 11.4 Å². The molecule has 1 aliphatic heterocycles. The van der Waals surface area contributed by atoms with Crippen molar-refractivity contribution in [3.05, 3.63) is 58.8 Å². The summed E-state index contributed by atoms with van der Waals surface area (Å²) in [6.45, 7) is 0. The molecule has 0 radical (unpaired) electrons. The van der Waals surface area contributed by atoms with E-state index in [9.17, 15) is 4.79 Å². The number of nitrogens with one attached hydrogen (secondary N) is 1. The number of anilines is 2. The first-order valence-corrected chi connectivity index (χ1v) is 5.01. The van der Waals surface area contributed by atoms with Gasteiger partial charge in [0.25, 0.3) is 0 Å². The minimum atomic E-state index is -0.0447. The Hall–Kier alpha value is -2.29. The largest absolute Gasteiger partial charge is 0.453 e. The summed E-state index contributed by atoms with van der Waals surface area (Å²) in [5.41, 5.74) is 1.53. The fraction of sp³-hybridized carbons (Fsp3) is 0. The second-order valence-corrected chi connectivity index (χ2v) is 3.57. The molecule has 0 saturated heterocycles. The molecule has 1 aliphatic rings. The number of ether oxygens (including phenoxy) is 1. The zero-order valence-corrected chi connectivity index (χ0v) is 8.44. The van der Waals surface area contributed by atoms with E-state index in [1.807, 2.05) is 24.3 Å². The molecule has 2 aromatic rings. The molecular formula is C13H9NO2. The number of hydrogen-bond acceptors (Lipinski definition) is 3. The van der Waals surface area contributed by atoms with Gasteiger partial charge < -0.3 is 10.1 Å². The van der Waals surface area contributed by atoms with Crippen molar-refractivity contribution in [1.82, 2.24) is 0 Å². The molecule has 0 aliphatic carbocycles. The molecule has 78 valence electrons. The maximum absolute atomic E-state index is 11.4. The Morgan fingerprint density at radius 1 is 0.875 bits per heavy atom. The highest BCUT2D eigenvalue weighted by molar-refractivity contribution is 5.74. The second kappa shape index (κ2) is 3.38. The fourth-order valence-electron chi connectivity index (χ4n) is 1.69. The Balaban J connectivity index is 2.18. The van der Waals surface area contributed by atoms with Gasteiger partial charge in [0, 0.05) is 6.07 Å². The predicted octanol–water partition coefficient (Wildman–Crippen LogP) is 2.90. The Morgan fingerprint density at radius 3 is 2.56 bits per heavy atom. The molecule has 3 rings (SSSR count). The molecule has 3 nitrogen and oxygen atoms in total. The van der Waals surface area contributed by atoms with Crippen LogP contribution in [0.5, 0.6) is 11.5 Å². The highest BCUT2D eigenvalue weighted by Gasteiger charge is 2.14. The van der Waals surface area contributed by atoms with Crippen LogP contribution in [0.15, 0.2) is 53.3 Å². The monoisotopic (exact) mass is 211 g/mol. The van der Waals surface area contributed by atoms with Gasteiger partial charge in [0.05, 0.1) is 11.4 Å². The van der Waals surface area contributed by atoms with Crippen LogP contribution in [0.4, 0.5) is 11.4 Å². The second-order valence-electron chi connectivity index (χ2n) is 3.57. The molecule has 3 heteroatoms. The highest BCUT2D eigenvalue weighted by Crippen LogP contribution is 2.40. The van der Waals surface area contributed by atoms with Crippen molar-refractivity contribution in [2.45, 2.75) is 0 Å². The van der Waals surface area contributed by atoms with Gasteiger partial charge in [-0.25, -0.2) is 0 Å². The van der Waals surface area contributed by atoms with Gasteiger partial charge >= 0.3 is 0 Å². The quantitative estimate of drug-likeness (QED) is 0.621. The van der Waals surface area contributed by atoms with Crippen molar-refractivity contribution in [3.8, 4) is 11.5 Å². The van der Waals surface area contributed by atoms with Crippen molar-refractivity contribution in [1.29, 1.82) is 0 Å². The average molecular weight is 211 g/mol. The Morgan fingerprint density at radius 2 is 1.62 bits per heavy atom. The van der Waals surface area contributed by atoms with Crippen molar-refractivity contribution in [2.24, 2.45) is 0 Å². The zero-order valence-electron chi connectivity index (χ0n) is 8.44. The molecular weight excluding hydrogens is 202 g/mol. The van der Waals surface area contributed by atoms with Crippen LogP contribution in [0.1, 0.15) is 0 Å². The molecule has 0 aromatic heterocycles. The van der Waals surface area contributed by atoms with Crippen LogP contribution in [0.3, 0.4) is 0 Å². The third-order valence-electron chi connectivity index (χ3n) is 2.44. The van der Waals surface area contributed by atoms with E-state index >= 15 is 0 Å². The summed E-state index contributed by atoms with van der Waals surface area (Å²) in [4.78, 5) is 11.4. The van der Waals surface area contributed by atoms with E-state index < -0.39 is 0 Å². The molecule has 1 N–H and O–H groups in total. The molecule has 0 bridgehead atoms. The van der Waals surface area contributed by atoms with Crippen molar-refractivity contribution in [3.63, 3.8) is 0 Å². The summed E-state index contributed by atoms with van der Waals surface area (Å²) < 4.78 is 5.69. The van der Waals surface area contributed by atoms with Gasteiger partial charge in [-0.05, 0) is 24.3 Å². The van der Waals surface area contributed by atoms with Crippen molar-refractivity contribution >= 4 is 11.4 Å². The molecule has 0 amide bonds. The van der Waals surface area contributed by atoms with Crippen LogP contribution in [0, 0.1) is 0 Å². The molecule has 1 heterocycles. The van der Waals surface area contributed by atoms with E-state index in [-0.39, 0.29) is 5.43 Å². The number of rotatable bonds is 0. The van der Waals surface area contributed by atoms with E-state index in [1.54, 1.807) is 12.1 Å². The van der Waals surface area contributed by atoms with E-state index in [4.69, 9.17) is 4.74 Å². The lowest BCUT2D eigenvalue weighted by Gasteiger charge is -2.19. The molecule has 0 fully saturated rings. The van der Waals surface area contributed by atoms with Crippen LogP contribution in [0.2, 0.25) is 0 Å². The summed E-state index contributed by atoms with van der Waals surface area (Å²) in [6.07, 6.45) is 0. The van der Waals surface area contributed by atoms with E-state index in [2.05, 4.69) is 5.32 Å². The van der Waals surface area contributed by atoms with Gasteiger partial charge in [-0.2, -0.15) is 0 Å². The maximum atomic E-state index is 11.4. The third kappa shape index (κ3) is 1.42. The van der Waals surface area contributed by atoms with Crippen LogP contribution in [-0.2, 0) is 0 Å². The zero-order chi connectivity index (χ0) is 11.0. The fourth-order valence-corrected chi connectivity index (χ4v) is 1.69. The number of para-hydroxylation sites is 2. The lowest BCUT2D eigenvalue weighted by Crippen LogP contribution is -2.02. The van der Waals surface area contributed by atoms with Crippen LogP contribution in [0.25, 0.3) is 0 Å².